The van der Waals surface area contributed by atoms with Gasteiger partial charge >= 0.3 is 0 Å². The average Bonchev–Trinajstić information content (AvgIpc) is 3.13. The standard InChI is InChI=1S/C21H19FN4OS/c22-18-12-14(6-7-15(18)13-23)19-20(27-17-4-2-1-3-5-17)28-21(25-19)26-10-8-16(24)9-11-26/h1-7,12,16H,8-11,24H2. The van der Waals surface area contributed by atoms with E-state index in [0.29, 0.717) is 22.1 Å². The monoisotopic (exact) mass is 394 g/mol. The van der Waals surface area contributed by atoms with E-state index >= 15 is 0 Å². The smallest absolute Gasteiger partial charge is 0.210 e. The van der Waals surface area contributed by atoms with Gasteiger partial charge in [0.25, 0.3) is 0 Å². The molecule has 2 N–H and O–H groups in total. The first-order valence-corrected chi connectivity index (χ1v) is 9.90. The fourth-order valence-corrected chi connectivity index (χ4v) is 4.13. The number of piperidine rings is 1. The van der Waals surface area contributed by atoms with E-state index in [9.17, 15) is 4.39 Å². The molecule has 1 aliphatic rings. The molecule has 0 radical (unpaired) electrons. The van der Waals surface area contributed by atoms with Crippen molar-refractivity contribution in [1.29, 1.82) is 5.26 Å². The van der Waals surface area contributed by atoms with Gasteiger partial charge in [-0.3, -0.25) is 0 Å². The van der Waals surface area contributed by atoms with Crippen LogP contribution in [0.1, 0.15) is 18.4 Å². The number of nitrogens with zero attached hydrogens (tertiary/aromatic N) is 3. The van der Waals surface area contributed by atoms with Gasteiger partial charge in [0.05, 0.1) is 5.56 Å². The van der Waals surface area contributed by atoms with Crippen LogP contribution in [0.25, 0.3) is 11.3 Å². The molecule has 1 aliphatic heterocycles. The van der Waals surface area contributed by atoms with Crippen molar-refractivity contribution in [1.82, 2.24) is 4.98 Å². The summed E-state index contributed by atoms with van der Waals surface area (Å²) in [7, 11) is 0. The van der Waals surface area contributed by atoms with Crippen LogP contribution in [-0.4, -0.2) is 24.1 Å². The summed E-state index contributed by atoms with van der Waals surface area (Å²) in [6, 6.07) is 16.0. The van der Waals surface area contributed by atoms with E-state index in [2.05, 4.69) is 4.90 Å². The number of anilines is 1. The van der Waals surface area contributed by atoms with Crippen molar-refractivity contribution in [2.75, 3.05) is 18.0 Å². The number of ether oxygens (including phenoxy) is 1. The summed E-state index contributed by atoms with van der Waals surface area (Å²) in [6.07, 6.45) is 1.82. The molecule has 7 heteroatoms. The molecule has 28 heavy (non-hydrogen) atoms. The highest BCUT2D eigenvalue weighted by Crippen LogP contribution is 2.42. The van der Waals surface area contributed by atoms with Gasteiger partial charge in [-0.2, -0.15) is 5.26 Å². The first kappa shape index (κ1) is 18.4. The second-order valence-electron chi connectivity index (χ2n) is 6.68. The van der Waals surface area contributed by atoms with E-state index in [1.165, 1.54) is 23.5 Å². The Labute approximate surface area is 166 Å². The predicted molar refractivity (Wildman–Crippen MR) is 108 cm³/mol. The summed E-state index contributed by atoms with van der Waals surface area (Å²) in [4.78, 5) is 6.94. The van der Waals surface area contributed by atoms with E-state index in [-0.39, 0.29) is 11.6 Å². The highest BCUT2D eigenvalue weighted by atomic mass is 32.1. The van der Waals surface area contributed by atoms with Crippen LogP contribution in [0, 0.1) is 17.1 Å². The number of nitrogens with two attached hydrogens (primary N) is 1. The van der Waals surface area contributed by atoms with Crippen molar-refractivity contribution in [2.45, 2.75) is 18.9 Å². The Morgan fingerprint density at radius 1 is 1.18 bits per heavy atom. The van der Waals surface area contributed by atoms with E-state index in [1.54, 1.807) is 6.07 Å². The molecule has 0 saturated carbocycles. The highest BCUT2D eigenvalue weighted by Gasteiger charge is 2.23. The molecule has 142 valence electrons. The van der Waals surface area contributed by atoms with Gasteiger partial charge in [-0.1, -0.05) is 35.6 Å². The second-order valence-corrected chi connectivity index (χ2v) is 7.62. The number of para-hydroxylation sites is 1. The number of hydrogen-bond acceptors (Lipinski definition) is 6. The van der Waals surface area contributed by atoms with Crippen LogP contribution in [0.4, 0.5) is 9.52 Å². The maximum atomic E-state index is 14.2. The summed E-state index contributed by atoms with van der Waals surface area (Å²) >= 11 is 1.44. The lowest BCUT2D eigenvalue weighted by Crippen LogP contribution is -2.39. The zero-order chi connectivity index (χ0) is 19.5. The van der Waals surface area contributed by atoms with Crippen molar-refractivity contribution in [3.8, 4) is 28.1 Å². The van der Waals surface area contributed by atoms with Gasteiger partial charge in [-0.25, -0.2) is 9.37 Å². The molecule has 5 nitrogen and oxygen atoms in total. The molecular formula is C21H19FN4OS. The third-order valence-corrected chi connectivity index (χ3v) is 5.71. The molecule has 0 aliphatic carbocycles. The molecule has 1 saturated heterocycles. The maximum Gasteiger partial charge on any atom is 0.210 e. The SMILES string of the molecule is N#Cc1ccc(-c2nc(N3CCC(N)CC3)sc2Oc2ccccc2)cc1F. The van der Waals surface area contributed by atoms with E-state index < -0.39 is 5.82 Å². The molecule has 2 heterocycles. The number of rotatable bonds is 4. The minimum absolute atomic E-state index is 0.00903. The topological polar surface area (TPSA) is 75.2 Å². The van der Waals surface area contributed by atoms with E-state index in [1.807, 2.05) is 36.4 Å². The Balaban J connectivity index is 1.72. The summed E-state index contributed by atoms with van der Waals surface area (Å²) in [6.45, 7) is 1.67. The lowest BCUT2D eigenvalue weighted by Gasteiger charge is -2.29. The largest absolute Gasteiger partial charge is 0.444 e. The fourth-order valence-electron chi connectivity index (χ4n) is 3.12. The minimum atomic E-state index is -0.566. The average molecular weight is 394 g/mol. The van der Waals surface area contributed by atoms with Gasteiger partial charge in [0.2, 0.25) is 5.06 Å². The quantitative estimate of drug-likeness (QED) is 0.703. The molecular weight excluding hydrogens is 375 g/mol. The number of hydrogen-bond donors (Lipinski definition) is 1. The third kappa shape index (κ3) is 3.84. The fraction of sp³-hybridized carbons (Fsp3) is 0.238. The number of halogens is 1. The molecule has 3 aromatic rings. The van der Waals surface area contributed by atoms with Gasteiger partial charge in [-0.15, -0.1) is 0 Å². The highest BCUT2D eigenvalue weighted by molar-refractivity contribution is 7.17. The van der Waals surface area contributed by atoms with Gasteiger partial charge < -0.3 is 15.4 Å². The molecule has 0 spiro atoms. The van der Waals surface area contributed by atoms with Gasteiger partial charge in [-0.05, 0) is 37.1 Å². The lowest BCUT2D eigenvalue weighted by atomic mass is 10.1. The number of benzene rings is 2. The zero-order valence-electron chi connectivity index (χ0n) is 15.1. The van der Waals surface area contributed by atoms with Crippen molar-refractivity contribution in [2.24, 2.45) is 5.73 Å². The normalized spacial score (nSPS) is 14.7. The molecule has 1 fully saturated rings. The first-order chi connectivity index (χ1) is 13.6. The summed E-state index contributed by atoms with van der Waals surface area (Å²) in [5.74, 6) is 0.123. The van der Waals surface area contributed by atoms with Crippen LogP contribution in [0.15, 0.2) is 48.5 Å². The Morgan fingerprint density at radius 3 is 2.61 bits per heavy atom. The predicted octanol–water partition coefficient (Wildman–Crippen LogP) is 4.54. The third-order valence-electron chi connectivity index (χ3n) is 4.71. The molecule has 0 unspecified atom stereocenters. The molecule has 1 aromatic heterocycles. The van der Waals surface area contributed by atoms with Crippen LogP contribution < -0.4 is 15.4 Å². The van der Waals surface area contributed by atoms with Crippen LogP contribution in [-0.2, 0) is 0 Å². The Bertz CT molecular complexity index is 1010. The summed E-state index contributed by atoms with van der Waals surface area (Å²) < 4.78 is 20.3. The van der Waals surface area contributed by atoms with Crippen molar-refractivity contribution in [3.63, 3.8) is 0 Å². The Hall–Kier alpha value is -2.95. The summed E-state index contributed by atoms with van der Waals surface area (Å²) in [5.41, 5.74) is 7.17. The molecule has 4 rings (SSSR count). The van der Waals surface area contributed by atoms with Gasteiger partial charge in [0.15, 0.2) is 5.13 Å². The van der Waals surface area contributed by atoms with Gasteiger partial charge in [0.1, 0.15) is 23.3 Å². The van der Waals surface area contributed by atoms with E-state index in [4.69, 9.17) is 20.7 Å². The first-order valence-electron chi connectivity index (χ1n) is 9.08. The summed E-state index contributed by atoms with van der Waals surface area (Å²) in [5, 5.41) is 10.4. The van der Waals surface area contributed by atoms with Crippen molar-refractivity contribution < 1.29 is 9.13 Å². The number of thiazole rings is 1. The maximum absolute atomic E-state index is 14.2. The molecule has 0 atom stereocenters. The molecule has 0 bridgehead atoms. The molecule has 2 aromatic carbocycles. The van der Waals surface area contributed by atoms with Crippen molar-refractivity contribution in [3.05, 3.63) is 59.9 Å². The zero-order valence-corrected chi connectivity index (χ0v) is 16.0. The van der Waals surface area contributed by atoms with E-state index in [0.717, 1.165) is 31.1 Å². The number of aromatic nitrogens is 1. The lowest BCUT2D eigenvalue weighted by molar-refractivity contribution is 0.497. The second kappa shape index (κ2) is 7.97. The van der Waals surface area contributed by atoms with Crippen LogP contribution in [0.2, 0.25) is 0 Å². The van der Waals surface area contributed by atoms with Crippen LogP contribution in [0.5, 0.6) is 10.8 Å². The molecule has 0 amide bonds. The number of nitriles is 1. The minimum Gasteiger partial charge on any atom is -0.444 e. The van der Waals surface area contributed by atoms with Crippen LogP contribution >= 0.6 is 11.3 Å². The van der Waals surface area contributed by atoms with Crippen LogP contribution in [0.3, 0.4) is 0 Å². The Kier molecular flexibility index (Phi) is 5.24. The van der Waals surface area contributed by atoms with Crippen molar-refractivity contribution >= 4 is 16.5 Å². The Morgan fingerprint density at radius 2 is 1.93 bits per heavy atom. The van der Waals surface area contributed by atoms with Gasteiger partial charge in [0, 0.05) is 24.7 Å².